The summed E-state index contributed by atoms with van der Waals surface area (Å²) in [6.45, 7) is 9.15. The van der Waals surface area contributed by atoms with E-state index < -0.39 is 6.04 Å². The number of methoxy groups -OCH3 is 1. The molecule has 0 fully saturated rings. The molecule has 0 radical (unpaired) electrons. The van der Waals surface area contributed by atoms with Gasteiger partial charge in [0.05, 0.1) is 12.9 Å². The molecule has 2 amide bonds. The molecule has 0 saturated heterocycles. The van der Waals surface area contributed by atoms with E-state index >= 15 is 0 Å². The van der Waals surface area contributed by atoms with Crippen LogP contribution in [-0.2, 0) is 21.9 Å². The normalized spacial score (nSPS) is 11.8. The largest absolute Gasteiger partial charge is 0.497 e. The summed E-state index contributed by atoms with van der Waals surface area (Å²) in [5.74, 6) is 2.13. The summed E-state index contributed by atoms with van der Waals surface area (Å²) in [5, 5.41) is 3.00. The lowest BCUT2D eigenvalue weighted by Crippen LogP contribution is -2.50. The predicted molar refractivity (Wildman–Crippen MR) is 133 cm³/mol. The van der Waals surface area contributed by atoms with Gasteiger partial charge in [0.2, 0.25) is 11.8 Å². The lowest BCUT2D eigenvalue weighted by molar-refractivity contribution is -0.139. The molecule has 0 heterocycles. The van der Waals surface area contributed by atoms with Crippen molar-refractivity contribution in [1.29, 1.82) is 0 Å². The summed E-state index contributed by atoms with van der Waals surface area (Å²) < 4.78 is 5.20. The van der Waals surface area contributed by atoms with Gasteiger partial charge in [-0.1, -0.05) is 62.7 Å². The molecule has 1 atom stereocenters. The van der Waals surface area contributed by atoms with Crippen LogP contribution >= 0.6 is 11.8 Å². The van der Waals surface area contributed by atoms with E-state index in [2.05, 4.69) is 19.2 Å². The Balaban J connectivity index is 2.09. The van der Waals surface area contributed by atoms with Gasteiger partial charge >= 0.3 is 0 Å². The standard InChI is InChI=1S/C26H36N2O3S/c1-6-24(26(30)27-15-19(2)3)28(16-21-9-7-20(4)8-10-21)25(29)18-32-17-22-11-13-23(31-5)14-12-22/h7-14,19,24H,6,15-18H2,1-5H3,(H,27,30)/t24-/m0/s1. The van der Waals surface area contributed by atoms with Gasteiger partial charge in [0.1, 0.15) is 11.8 Å². The molecule has 32 heavy (non-hydrogen) atoms. The molecule has 0 saturated carbocycles. The second-order valence-corrected chi connectivity index (χ2v) is 9.40. The van der Waals surface area contributed by atoms with Crippen molar-refractivity contribution in [2.24, 2.45) is 5.92 Å². The molecule has 1 N–H and O–H groups in total. The second-order valence-electron chi connectivity index (χ2n) is 8.41. The molecule has 174 valence electrons. The molecular weight excluding hydrogens is 420 g/mol. The zero-order chi connectivity index (χ0) is 23.5. The summed E-state index contributed by atoms with van der Waals surface area (Å²) in [5.41, 5.74) is 3.33. The first kappa shape index (κ1) is 25.8. The Morgan fingerprint density at radius 2 is 1.66 bits per heavy atom. The number of aryl methyl sites for hydroxylation is 1. The van der Waals surface area contributed by atoms with E-state index in [-0.39, 0.29) is 11.8 Å². The number of thioether (sulfide) groups is 1. The number of rotatable bonds is 12. The Labute approximate surface area is 196 Å². The summed E-state index contributed by atoms with van der Waals surface area (Å²) in [6, 6.07) is 15.5. The van der Waals surface area contributed by atoms with Crippen molar-refractivity contribution < 1.29 is 14.3 Å². The molecular formula is C26H36N2O3S. The third-order valence-corrected chi connectivity index (χ3v) is 6.19. The van der Waals surface area contributed by atoms with Crippen LogP contribution in [0.15, 0.2) is 48.5 Å². The molecule has 5 nitrogen and oxygen atoms in total. The van der Waals surface area contributed by atoms with Gasteiger partial charge in [0.15, 0.2) is 0 Å². The van der Waals surface area contributed by atoms with Gasteiger partial charge in [0, 0.05) is 18.8 Å². The monoisotopic (exact) mass is 456 g/mol. The van der Waals surface area contributed by atoms with Crippen molar-refractivity contribution in [3.63, 3.8) is 0 Å². The maximum atomic E-state index is 13.3. The molecule has 0 aromatic heterocycles. The van der Waals surface area contributed by atoms with Crippen LogP contribution < -0.4 is 10.1 Å². The first-order valence-corrected chi connectivity index (χ1v) is 12.3. The van der Waals surface area contributed by atoms with Crippen LogP contribution in [0.25, 0.3) is 0 Å². The quantitative estimate of drug-likeness (QED) is 0.498. The highest BCUT2D eigenvalue weighted by molar-refractivity contribution is 7.99. The number of carbonyl (C=O) groups is 2. The maximum absolute atomic E-state index is 13.3. The van der Waals surface area contributed by atoms with Crippen LogP contribution in [-0.4, -0.2) is 42.2 Å². The predicted octanol–water partition coefficient (Wildman–Crippen LogP) is 4.82. The van der Waals surface area contributed by atoms with E-state index in [4.69, 9.17) is 4.74 Å². The molecule has 2 rings (SSSR count). The highest BCUT2D eigenvalue weighted by Gasteiger charge is 2.28. The van der Waals surface area contributed by atoms with E-state index in [1.807, 2.05) is 62.4 Å². The van der Waals surface area contributed by atoms with Crippen LogP contribution in [0.1, 0.15) is 43.9 Å². The Morgan fingerprint density at radius 3 is 2.22 bits per heavy atom. The third-order valence-electron chi connectivity index (χ3n) is 5.20. The highest BCUT2D eigenvalue weighted by atomic mass is 32.2. The fraction of sp³-hybridized carbons (Fsp3) is 0.462. The zero-order valence-electron chi connectivity index (χ0n) is 19.9. The van der Waals surface area contributed by atoms with Crippen LogP contribution in [0.2, 0.25) is 0 Å². The number of carbonyl (C=O) groups excluding carboxylic acids is 2. The van der Waals surface area contributed by atoms with Gasteiger partial charge in [-0.05, 0) is 42.5 Å². The lowest BCUT2D eigenvalue weighted by Gasteiger charge is -2.31. The summed E-state index contributed by atoms with van der Waals surface area (Å²) >= 11 is 1.56. The van der Waals surface area contributed by atoms with E-state index in [1.165, 1.54) is 5.56 Å². The number of nitrogens with zero attached hydrogens (tertiary/aromatic N) is 1. The van der Waals surface area contributed by atoms with Gasteiger partial charge in [-0.25, -0.2) is 0 Å². The first-order valence-electron chi connectivity index (χ1n) is 11.2. The number of hydrogen-bond acceptors (Lipinski definition) is 4. The Kier molecular flexibility index (Phi) is 10.6. The number of amides is 2. The average molecular weight is 457 g/mol. The Bertz CT molecular complexity index is 850. The smallest absolute Gasteiger partial charge is 0.242 e. The van der Waals surface area contributed by atoms with Gasteiger partial charge in [-0.15, -0.1) is 11.8 Å². The second kappa shape index (κ2) is 13.2. The summed E-state index contributed by atoms with van der Waals surface area (Å²) in [6.07, 6.45) is 0.574. The fourth-order valence-electron chi connectivity index (χ4n) is 3.29. The zero-order valence-corrected chi connectivity index (χ0v) is 20.7. The number of nitrogens with one attached hydrogen (secondary N) is 1. The Morgan fingerprint density at radius 1 is 1.03 bits per heavy atom. The average Bonchev–Trinajstić information content (AvgIpc) is 2.79. The number of hydrogen-bond donors (Lipinski definition) is 1. The Hall–Kier alpha value is -2.47. The van der Waals surface area contributed by atoms with Crippen LogP contribution in [0.5, 0.6) is 5.75 Å². The van der Waals surface area contributed by atoms with Crippen LogP contribution in [0, 0.1) is 12.8 Å². The molecule has 0 unspecified atom stereocenters. The van der Waals surface area contributed by atoms with Gasteiger partial charge in [-0.2, -0.15) is 0 Å². The van der Waals surface area contributed by atoms with Crippen LogP contribution in [0.3, 0.4) is 0 Å². The van der Waals surface area contributed by atoms with E-state index in [0.29, 0.717) is 31.2 Å². The molecule has 0 bridgehead atoms. The van der Waals surface area contributed by atoms with Crippen molar-refractivity contribution >= 4 is 23.6 Å². The van der Waals surface area contributed by atoms with Gasteiger partial charge in [-0.3, -0.25) is 9.59 Å². The van der Waals surface area contributed by atoms with E-state index in [9.17, 15) is 9.59 Å². The summed E-state index contributed by atoms with van der Waals surface area (Å²) in [7, 11) is 1.65. The lowest BCUT2D eigenvalue weighted by atomic mass is 10.1. The van der Waals surface area contributed by atoms with Crippen molar-refractivity contribution in [3.8, 4) is 5.75 Å². The summed E-state index contributed by atoms with van der Waals surface area (Å²) in [4.78, 5) is 27.9. The molecule has 2 aromatic rings. The molecule has 6 heteroatoms. The minimum Gasteiger partial charge on any atom is -0.497 e. The van der Waals surface area contributed by atoms with Gasteiger partial charge < -0.3 is 15.0 Å². The first-order chi connectivity index (χ1) is 15.3. The number of benzene rings is 2. The fourth-order valence-corrected chi connectivity index (χ4v) is 4.16. The van der Waals surface area contributed by atoms with Gasteiger partial charge in [0.25, 0.3) is 0 Å². The topological polar surface area (TPSA) is 58.6 Å². The maximum Gasteiger partial charge on any atom is 0.242 e. The van der Waals surface area contributed by atoms with Crippen molar-refractivity contribution in [2.45, 2.75) is 52.5 Å². The third kappa shape index (κ3) is 8.23. The van der Waals surface area contributed by atoms with Crippen molar-refractivity contribution in [1.82, 2.24) is 10.2 Å². The molecule has 2 aromatic carbocycles. The highest BCUT2D eigenvalue weighted by Crippen LogP contribution is 2.19. The van der Waals surface area contributed by atoms with E-state index in [1.54, 1.807) is 23.8 Å². The van der Waals surface area contributed by atoms with E-state index in [0.717, 1.165) is 22.6 Å². The van der Waals surface area contributed by atoms with Crippen molar-refractivity contribution in [3.05, 3.63) is 65.2 Å². The molecule has 0 spiro atoms. The SMILES string of the molecule is CC[C@@H](C(=O)NCC(C)C)N(Cc1ccc(C)cc1)C(=O)CSCc1ccc(OC)cc1. The number of ether oxygens (including phenoxy) is 1. The molecule has 0 aliphatic rings. The minimum atomic E-state index is -0.482. The molecule has 0 aliphatic carbocycles. The van der Waals surface area contributed by atoms with Crippen LogP contribution in [0.4, 0.5) is 0 Å². The minimum absolute atomic E-state index is 0.0179. The molecule has 0 aliphatic heterocycles. The van der Waals surface area contributed by atoms with Crippen molar-refractivity contribution in [2.75, 3.05) is 19.4 Å².